The van der Waals surface area contributed by atoms with Crippen LogP contribution >= 0.6 is 11.6 Å². The van der Waals surface area contributed by atoms with Crippen molar-refractivity contribution in [3.8, 4) is 0 Å². The van der Waals surface area contributed by atoms with Gasteiger partial charge in [-0.15, -0.1) is 0 Å². The summed E-state index contributed by atoms with van der Waals surface area (Å²) in [5.74, 6) is 0.503. The van der Waals surface area contributed by atoms with Gasteiger partial charge in [-0.25, -0.2) is 14.8 Å². The average Bonchev–Trinajstić information content (AvgIpc) is 3.16. The summed E-state index contributed by atoms with van der Waals surface area (Å²) in [5, 5.41) is 12.3. The predicted octanol–water partition coefficient (Wildman–Crippen LogP) is -2.08. The zero-order valence-corrected chi connectivity index (χ0v) is 38.3. The van der Waals surface area contributed by atoms with E-state index in [0.717, 1.165) is 63.7 Å². The molecule has 53 heavy (non-hydrogen) atoms. The minimum atomic E-state index is -0.327. The molecule has 0 amide bonds. The normalized spacial score (nSPS) is 12.6. The molecule has 2 fully saturated rings. The van der Waals surface area contributed by atoms with Crippen LogP contribution in [0.4, 0.5) is 17.2 Å². The van der Waals surface area contributed by atoms with Crippen molar-refractivity contribution in [3.05, 3.63) is 113 Å². The fourth-order valence-corrected chi connectivity index (χ4v) is 5.19. The van der Waals surface area contributed by atoms with Gasteiger partial charge in [0.05, 0.1) is 12.7 Å². The molecule has 16 heteroatoms. The van der Waals surface area contributed by atoms with Crippen molar-refractivity contribution in [1.29, 1.82) is 0 Å². The maximum absolute atomic E-state index is 11.6. The van der Waals surface area contributed by atoms with Crippen LogP contribution in [-0.2, 0) is 24.0 Å². The summed E-state index contributed by atoms with van der Waals surface area (Å²) in [6.45, 7) is 14.1. The van der Waals surface area contributed by atoms with Crippen molar-refractivity contribution in [2.24, 2.45) is 0 Å². The second-order valence-electron chi connectivity index (χ2n) is 11.2. The third-order valence-corrected chi connectivity index (χ3v) is 7.81. The van der Waals surface area contributed by atoms with E-state index in [1.165, 1.54) is 29.6 Å². The van der Waals surface area contributed by atoms with Crippen LogP contribution in [0.1, 0.15) is 28.5 Å². The number of carbonyl (C=O) groups is 2. The Hall–Kier alpha value is -2.06. The molecule has 0 unspecified atom stereocenters. The molecule has 2 aliphatic heterocycles. The maximum Gasteiger partial charge on any atom is 1.00 e. The fraction of sp³-hybridized carbons (Fsp3) is 0.324. The third-order valence-electron chi connectivity index (χ3n) is 7.61. The van der Waals surface area contributed by atoms with Crippen LogP contribution in [0.25, 0.3) is 0 Å². The zero-order valence-electron chi connectivity index (χ0n) is 32.3. The molecule has 0 bridgehead atoms. The van der Waals surface area contributed by atoms with Gasteiger partial charge in [0.25, 0.3) is 6.47 Å². The molecule has 0 spiro atoms. The summed E-state index contributed by atoms with van der Waals surface area (Å²) < 4.78 is 4.77. The first-order valence-corrected chi connectivity index (χ1v) is 16.5. The molecule has 6 rings (SSSR count). The van der Waals surface area contributed by atoms with Crippen LogP contribution in [0.5, 0.6) is 0 Å². The molecule has 1 N–H and O–H groups in total. The van der Waals surface area contributed by atoms with Gasteiger partial charge >= 0.3 is 115 Å². The molecule has 4 aromatic rings. The quantitative estimate of drug-likeness (QED) is 0.0587. The van der Waals surface area contributed by atoms with Crippen LogP contribution in [0, 0.1) is 20.8 Å². The van der Waals surface area contributed by atoms with Crippen LogP contribution in [0.3, 0.4) is 0 Å². The number of anilines is 3. The molecular formula is C37H45ClK2N6O7. The van der Waals surface area contributed by atoms with E-state index in [4.69, 9.17) is 36.0 Å². The van der Waals surface area contributed by atoms with Gasteiger partial charge in [-0.3, -0.25) is 4.79 Å². The number of methoxy groups -OCH3 is 1. The van der Waals surface area contributed by atoms with E-state index in [2.05, 4.69) is 97.3 Å². The molecule has 0 radical (unpaired) electrons. The molecule has 2 aromatic carbocycles. The molecule has 4 heterocycles. The van der Waals surface area contributed by atoms with Crippen LogP contribution in [-0.4, -0.2) is 88.0 Å². The van der Waals surface area contributed by atoms with E-state index in [1.54, 1.807) is 24.5 Å². The Kier molecular flexibility index (Phi) is 29.0. The van der Waals surface area contributed by atoms with Crippen LogP contribution < -0.4 is 128 Å². The number of hydrogen-bond acceptors (Lipinski definition) is 13. The number of pyridine rings is 2. The van der Waals surface area contributed by atoms with E-state index in [9.17, 15) is 4.79 Å². The molecular weight excluding hydrogens is 754 g/mol. The van der Waals surface area contributed by atoms with Gasteiger partial charge < -0.3 is 36.3 Å². The van der Waals surface area contributed by atoms with Gasteiger partial charge in [0.15, 0.2) is 0 Å². The number of nitrogens with zero attached hydrogens (tertiary/aromatic N) is 5. The monoisotopic (exact) mass is 798 g/mol. The summed E-state index contributed by atoms with van der Waals surface area (Å²) >= 11 is 5.53. The number of halogens is 1. The second-order valence-corrected chi connectivity index (χ2v) is 11.6. The maximum atomic E-state index is 11.6. The van der Waals surface area contributed by atoms with Crippen molar-refractivity contribution in [3.63, 3.8) is 0 Å². The molecule has 274 valence electrons. The van der Waals surface area contributed by atoms with Crippen molar-refractivity contribution >= 4 is 47.4 Å². The summed E-state index contributed by atoms with van der Waals surface area (Å²) in [4.78, 5) is 54.3. The molecule has 2 aromatic heterocycles. The van der Waals surface area contributed by atoms with E-state index in [1.807, 2.05) is 19.1 Å². The van der Waals surface area contributed by atoms with Gasteiger partial charge in [0.2, 0.25) is 0 Å². The number of esters is 1. The smallest absolute Gasteiger partial charge is 1.00 e. The number of rotatable bonds is 5. The first-order valence-electron chi connectivity index (χ1n) is 16.1. The van der Waals surface area contributed by atoms with Crippen LogP contribution in [0.15, 0.2) is 85.2 Å². The Labute approximate surface area is 403 Å². The van der Waals surface area contributed by atoms with Gasteiger partial charge in [-0.1, -0.05) is 47.0 Å². The fourth-order valence-electron chi connectivity index (χ4n) is 4.96. The molecule has 2 aliphatic rings. The van der Waals surface area contributed by atoms with Crippen molar-refractivity contribution in [1.82, 2.24) is 15.3 Å². The summed E-state index contributed by atoms with van der Waals surface area (Å²) in [5.41, 5.74) is 6.90. The molecule has 0 aliphatic carbocycles. The molecule has 2 saturated heterocycles. The van der Waals surface area contributed by atoms with E-state index < -0.39 is 0 Å². The van der Waals surface area contributed by atoms with Crippen molar-refractivity contribution < 1.29 is 138 Å². The Morgan fingerprint density at radius 2 is 1.23 bits per heavy atom. The standard InChI is InChI=1S/C18H21N3O2.C11H16N2.C6H6ClN.CH2O3.CO2.2K.H/c1-14-3-5-16(6-4-14)20-9-11-21(12-10-20)17-13-15(7-8-19-17)18(22)23-2;1-10-2-4-11(5-3-10)13-8-6-12-7-9-13;1-5-2-3-8-6(7)4-5;2-1-4-3;2-1-3;;;/h3-8,13H,9-12H2,1-2H3;2-5,12H,6-9H2,1H3;2-4H,1H3;1,3H;;;;/q;;;;;2*+1;-1/p-1. The SMILES string of the molecule is COC(=O)c1ccnc(N2CCN(c3ccc(C)cc3)CC2)c1.Cc1ccc(N2CCNCC2)cc1.Cc1ccnc(Cl)c1.O=C=O.O=CO[O-].[H-].[K+].[K+]. The molecule has 0 atom stereocenters. The van der Waals surface area contributed by atoms with Gasteiger partial charge in [-0.05, 0) is 74.9 Å². The van der Waals surface area contributed by atoms with Crippen molar-refractivity contribution in [2.45, 2.75) is 20.8 Å². The largest absolute Gasteiger partial charge is 1.00 e. The zero-order chi connectivity index (χ0) is 37.4. The number of hydrogen-bond donors (Lipinski definition) is 1. The summed E-state index contributed by atoms with van der Waals surface area (Å²) in [6.07, 6.45) is 3.60. The second kappa shape index (κ2) is 30.2. The van der Waals surface area contributed by atoms with Crippen molar-refractivity contribution in [2.75, 3.05) is 74.2 Å². The Balaban J connectivity index is 0. The predicted molar refractivity (Wildman–Crippen MR) is 195 cm³/mol. The number of piperazine rings is 2. The number of aromatic nitrogens is 2. The summed E-state index contributed by atoms with van der Waals surface area (Å²) in [7, 11) is 1.39. The topological polar surface area (TPSA) is 157 Å². The first kappa shape index (κ1) is 50.9. The molecule has 13 nitrogen and oxygen atoms in total. The summed E-state index contributed by atoms with van der Waals surface area (Å²) in [6, 6.07) is 24.6. The van der Waals surface area contributed by atoms with E-state index in [-0.39, 0.29) is 123 Å². The minimum Gasteiger partial charge on any atom is -1.00 e. The van der Waals surface area contributed by atoms with E-state index >= 15 is 0 Å². The molecule has 0 saturated carbocycles. The van der Waals surface area contributed by atoms with Crippen LogP contribution in [0.2, 0.25) is 5.15 Å². The number of aryl methyl sites for hydroxylation is 3. The Morgan fingerprint density at radius 1 is 0.774 bits per heavy atom. The van der Waals surface area contributed by atoms with Gasteiger partial charge in [0, 0.05) is 76.1 Å². The number of carbonyl (C=O) groups excluding carboxylic acids is 4. The third kappa shape index (κ3) is 20.4. The Morgan fingerprint density at radius 3 is 1.64 bits per heavy atom. The number of ether oxygens (including phenoxy) is 1. The van der Waals surface area contributed by atoms with Gasteiger partial charge in [-0.2, -0.15) is 9.59 Å². The number of benzene rings is 2. The minimum absolute atomic E-state index is 0. The average molecular weight is 799 g/mol. The Bertz CT molecular complexity index is 1630. The van der Waals surface area contributed by atoms with Gasteiger partial charge in [0.1, 0.15) is 11.0 Å². The first-order chi connectivity index (χ1) is 24.6. The van der Waals surface area contributed by atoms with E-state index in [0.29, 0.717) is 10.7 Å². The number of nitrogens with one attached hydrogen (secondary N) is 1.